The minimum Gasteiger partial charge on any atom is -0.389 e. The Labute approximate surface area is 96.9 Å². The van der Waals surface area contributed by atoms with E-state index in [1.165, 1.54) is 0 Å². The summed E-state index contributed by atoms with van der Waals surface area (Å²) >= 11 is 0. The van der Waals surface area contributed by atoms with Gasteiger partial charge in [-0.25, -0.2) is 4.98 Å². The van der Waals surface area contributed by atoms with Gasteiger partial charge in [0.2, 0.25) is 0 Å². The smallest absolute Gasteiger partial charge is 0.128 e. The Morgan fingerprint density at radius 3 is 2.56 bits per heavy atom. The predicted octanol–water partition coefficient (Wildman–Crippen LogP) is 1.61. The van der Waals surface area contributed by atoms with E-state index in [2.05, 4.69) is 16.8 Å². The standard InChI is InChI=1S/C12H20N2O2/c1-9(8-16-4)14(3)12-6-5-11(7-13-12)10(2)15/h5-7,9-10,15H,8H2,1-4H3/t9?,10-/m0/s1. The number of pyridine rings is 1. The lowest BCUT2D eigenvalue weighted by molar-refractivity contribution is 0.183. The van der Waals surface area contributed by atoms with E-state index in [0.29, 0.717) is 6.61 Å². The van der Waals surface area contributed by atoms with Crippen molar-refractivity contribution in [2.75, 3.05) is 25.7 Å². The monoisotopic (exact) mass is 224 g/mol. The summed E-state index contributed by atoms with van der Waals surface area (Å²) in [6.45, 7) is 4.47. The van der Waals surface area contributed by atoms with Crippen LogP contribution < -0.4 is 4.90 Å². The van der Waals surface area contributed by atoms with E-state index < -0.39 is 6.10 Å². The highest BCUT2D eigenvalue weighted by atomic mass is 16.5. The molecule has 1 rings (SSSR count). The quantitative estimate of drug-likeness (QED) is 0.825. The van der Waals surface area contributed by atoms with Crippen molar-refractivity contribution in [2.45, 2.75) is 26.0 Å². The van der Waals surface area contributed by atoms with Gasteiger partial charge in [-0.1, -0.05) is 6.07 Å². The summed E-state index contributed by atoms with van der Waals surface area (Å²) in [4.78, 5) is 6.36. The third-order valence-electron chi connectivity index (χ3n) is 2.68. The van der Waals surface area contributed by atoms with E-state index in [0.717, 1.165) is 11.4 Å². The molecule has 4 heteroatoms. The summed E-state index contributed by atoms with van der Waals surface area (Å²) in [5.41, 5.74) is 0.830. The van der Waals surface area contributed by atoms with Crippen molar-refractivity contribution >= 4 is 5.82 Å². The molecule has 0 radical (unpaired) electrons. The molecule has 1 aromatic rings. The summed E-state index contributed by atoms with van der Waals surface area (Å²) in [6.07, 6.45) is 1.24. The Kier molecular flexibility index (Phi) is 4.71. The fraction of sp³-hybridized carbons (Fsp3) is 0.583. The molecule has 0 saturated heterocycles. The van der Waals surface area contributed by atoms with Gasteiger partial charge in [0, 0.05) is 20.4 Å². The van der Waals surface area contributed by atoms with Crippen molar-refractivity contribution in [1.82, 2.24) is 4.98 Å². The van der Waals surface area contributed by atoms with Crippen LogP contribution in [0.5, 0.6) is 0 Å². The first-order valence-electron chi connectivity index (χ1n) is 5.42. The maximum atomic E-state index is 9.37. The van der Waals surface area contributed by atoms with Crippen molar-refractivity contribution < 1.29 is 9.84 Å². The van der Waals surface area contributed by atoms with E-state index >= 15 is 0 Å². The van der Waals surface area contributed by atoms with Gasteiger partial charge in [-0.2, -0.15) is 0 Å². The van der Waals surface area contributed by atoms with Gasteiger partial charge in [0.1, 0.15) is 5.82 Å². The number of likely N-dealkylation sites (N-methyl/N-ethyl adjacent to an activating group) is 1. The van der Waals surface area contributed by atoms with Gasteiger partial charge < -0.3 is 14.7 Å². The second-order valence-electron chi connectivity index (χ2n) is 4.04. The molecule has 0 spiro atoms. The van der Waals surface area contributed by atoms with Gasteiger partial charge in [-0.05, 0) is 25.5 Å². The van der Waals surface area contributed by atoms with Gasteiger partial charge in [0.25, 0.3) is 0 Å². The van der Waals surface area contributed by atoms with Crippen LogP contribution in [-0.2, 0) is 4.74 Å². The SMILES string of the molecule is COCC(C)N(C)c1ccc([C@H](C)O)cn1. The lowest BCUT2D eigenvalue weighted by atomic mass is 10.2. The van der Waals surface area contributed by atoms with Crippen LogP contribution in [0.25, 0.3) is 0 Å². The molecule has 0 aliphatic rings. The molecule has 0 aliphatic heterocycles. The molecular formula is C12H20N2O2. The largest absolute Gasteiger partial charge is 0.389 e. The Morgan fingerprint density at radius 2 is 2.12 bits per heavy atom. The normalized spacial score (nSPS) is 14.6. The van der Waals surface area contributed by atoms with E-state index in [1.807, 2.05) is 19.2 Å². The number of ether oxygens (including phenoxy) is 1. The number of nitrogens with zero attached hydrogens (tertiary/aromatic N) is 2. The highest BCUT2D eigenvalue weighted by Gasteiger charge is 2.11. The Balaban J connectivity index is 2.73. The zero-order valence-electron chi connectivity index (χ0n) is 10.3. The molecule has 0 aliphatic carbocycles. The zero-order valence-corrected chi connectivity index (χ0v) is 10.3. The van der Waals surface area contributed by atoms with Gasteiger partial charge >= 0.3 is 0 Å². The van der Waals surface area contributed by atoms with Gasteiger partial charge in [-0.15, -0.1) is 0 Å². The van der Waals surface area contributed by atoms with E-state index in [-0.39, 0.29) is 6.04 Å². The molecule has 16 heavy (non-hydrogen) atoms. The van der Waals surface area contributed by atoms with Crippen LogP contribution in [0, 0.1) is 0 Å². The van der Waals surface area contributed by atoms with Crippen LogP contribution in [0.2, 0.25) is 0 Å². The third-order valence-corrected chi connectivity index (χ3v) is 2.68. The highest BCUT2D eigenvalue weighted by molar-refractivity contribution is 5.39. The first kappa shape index (κ1) is 12.9. The molecule has 90 valence electrons. The lowest BCUT2D eigenvalue weighted by Crippen LogP contribution is -2.33. The fourth-order valence-corrected chi connectivity index (χ4v) is 1.43. The van der Waals surface area contributed by atoms with Gasteiger partial charge in [-0.3, -0.25) is 0 Å². The molecule has 0 aromatic carbocycles. The van der Waals surface area contributed by atoms with Crippen molar-refractivity contribution in [2.24, 2.45) is 0 Å². The minimum absolute atomic E-state index is 0.273. The fourth-order valence-electron chi connectivity index (χ4n) is 1.43. The van der Waals surface area contributed by atoms with Gasteiger partial charge in [0.15, 0.2) is 0 Å². The van der Waals surface area contributed by atoms with Crippen LogP contribution in [0.1, 0.15) is 25.5 Å². The second-order valence-corrected chi connectivity index (χ2v) is 4.04. The van der Waals surface area contributed by atoms with Crippen LogP contribution in [0.3, 0.4) is 0 Å². The van der Waals surface area contributed by atoms with E-state index in [1.54, 1.807) is 20.2 Å². The number of rotatable bonds is 5. The highest BCUT2D eigenvalue weighted by Crippen LogP contribution is 2.16. The first-order valence-corrected chi connectivity index (χ1v) is 5.42. The van der Waals surface area contributed by atoms with Crippen molar-refractivity contribution in [1.29, 1.82) is 0 Å². The summed E-state index contributed by atoms with van der Waals surface area (Å²) in [7, 11) is 3.67. The maximum Gasteiger partial charge on any atom is 0.128 e. The van der Waals surface area contributed by atoms with Crippen LogP contribution in [0.4, 0.5) is 5.82 Å². The average Bonchev–Trinajstić information content (AvgIpc) is 2.28. The van der Waals surface area contributed by atoms with E-state index in [9.17, 15) is 5.11 Å². The molecule has 1 N–H and O–H groups in total. The first-order chi connectivity index (χ1) is 7.56. The molecule has 2 atom stereocenters. The van der Waals surface area contributed by atoms with Crippen molar-refractivity contribution in [3.8, 4) is 0 Å². The zero-order chi connectivity index (χ0) is 12.1. The predicted molar refractivity (Wildman–Crippen MR) is 64.6 cm³/mol. The van der Waals surface area contributed by atoms with Gasteiger partial charge in [0.05, 0.1) is 18.8 Å². The number of anilines is 1. The molecule has 1 heterocycles. The molecule has 0 fully saturated rings. The number of hydrogen-bond donors (Lipinski definition) is 1. The Hall–Kier alpha value is -1.13. The number of aromatic nitrogens is 1. The number of hydrogen-bond acceptors (Lipinski definition) is 4. The van der Waals surface area contributed by atoms with Crippen molar-refractivity contribution in [3.63, 3.8) is 0 Å². The third kappa shape index (κ3) is 3.18. The topological polar surface area (TPSA) is 45.6 Å². The molecule has 0 bridgehead atoms. The second kappa shape index (κ2) is 5.82. The molecular weight excluding hydrogens is 204 g/mol. The number of aliphatic hydroxyl groups is 1. The molecule has 1 unspecified atom stereocenters. The van der Waals surface area contributed by atoms with Crippen LogP contribution in [-0.4, -0.2) is 36.9 Å². The van der Waals surface area contributed by atoms with Crippen LogP contribution >= 0.6 is 0 Å². The Bertz CT molecular complexity index is 311. The number of aliphatic hydroxyl groups excluding tert-OH is 1. The summed E-state index contributed by atoms with van der Waals surface area (Å²) in [5.74, 6) is 0.883. The van der Waals surface area contributed by atoms with Crippen LogP contribution in [0.15, 0.2) is 18.3 Å². The molecule has 1 aromatic heterocycles. The maximum absolute atomic E-state index is 9.37. The minimum atomic E-state index is -0.469. The Morgan fingerprint density at radius 1 is 1.44 bits per heavy atom. The average molecular weight is 224 g/mol. The van der Waals surface area contributed by atoms with E-state index in [4.69, 9.17) is 4.74 Å². The molecule has 0 saturated carbocycles. The summed E-state index contributed by atoms with van der Waals surface area (Å²) in [6, 6.07) is 4.08. The summed E-state index contributed by atoms with van der Waals surface area (Å²) in [5, 5.41) is 9.37. The molecule has 4 nitrogen and oxygen atoms in total. The number of methoxy groups -OCH3 is 1. The van der Waals surface area contributed by atoms with Crippen molar-refractivity contribution in [3.05, 3.63) is 23.9 Å². The molecule has 0 amide bonds. The lowest BCUT2D eigenvalue weighted by Gasteiger charge is -2.25. The summed E-state index contributed by atoms with van der Waals surface area (Å²) < 4.78 is 5.10.